The molecule has 188 valence electrons. The zero-order valence-corrected chi connectivity index (χ0v) is 20.3. The summed E-state index contributed by atoms with van der Waals surface area (Å²) in [6, 6.07) is 11.5. The van der Waals surface area contributed by atoms with E-state index in [0.717, 1.165) is 9.25 Å². The summed E-state index contributed by atoms with van der Waals surface area (Å²) in [5.41, 5.74) is -1.32. The molecule has 2 heterocycles. The van der Waals surface area contributed by atoms with Crippen molar-refractivity contribution in [2.24, 2.45) is 5.92 Å². The van der Waals surface area contributed by atoms with E-state index in [1.807, 2.05) is 0 Å². The number of benzene rings is 2. The van der Waals surface area contributed by atoms with Crippen LogP contribution in [0.5, 0.6) is 0 Å². The van der Waals surface area contributed by atoms with Gasteiger partial charge in [-0.1, -0.05) is 23.7 Å². The van der Waals surface area contributed by atoms with Crippen LogP contribution in [0.4, 0.5) is 4.39 Å². The maximum Gasteiger partial charge on any atom is 0.352 e. The van der Waals surface area contributed by atoms with E-state index in [4.69, 9.17) is 16.3 Å². The molecule has 0 saturated carbocycles. The highest BCUT2D eigenvalue weighted by molar-refractivity contribution is 6.30. The number of aromatic nitrogens is 3. The molecule has 1 atom stereocenters. The molecule has 2 aromatic carbocycles. The Morgan fingerprint density at radius 3 is 2.47 bits per heavy atom. The lowest BCUT2D eigenvalue weighted by Crippen LogP contribution is -2.49. The van der Waals surface area contributed by atoms with E-state index in [1.165, 1.54) is 41.3 Å². The maximum atomic E-state index is 13.5. The summed E-state index contributed by atoms with van der Waals surface area (Å²) in [5, 5.41) is 4.56. The van der Waals surface area contributed by atoms with E-state index in [1.54, 1.807) is 19.1 Å². The fourth-order valence-electron chi connectivity index (χ4n) is 4.08. The van der Waals surface area contributed by atoms with Gasteiger partial charge in [0.1, 0.15) is 5.82 Å². The second kappa shape index (κ2) is 10.9. The number of halogens is 2. The number of hydrogen-bond acceptors (Lipinski definition) is 6. The van der Waals surface area contributed by atoms with E-state index in [0.29, 0.717) is 35.7 Å². The third-order valence-electron chi connectivity index (χ3n) is 5.92. The molecule has 36 heavy (non-hydrogen) atoms. The second-order valence-electron chi connectivity index (χ2n) is 8.38. The normalized spacial score (nSPS) is 15.5. The van der Waals surface area contributed by atoms with E-state index in [2.05, 4.69) is 5.10 Å². The first-order valence-corrected chi connectivity index (χ1v) is 11.9. The average Bonchev–Trinajstić information content (AvgIpc) is 2.88. The van der Waals surface area contributed by atoms with Gasteiger partial charge in [-0.15, -0.1) is 0 Å². The Hall–Kier alpha value is -3.79. The van der Waals surface area contributed by atoms with Gasteiger partial charge in [-0.3, -0.25) is 19.0 Å². The summed E-state index contributed by atoms with van der Waals surface area (Å²) in [6.07, 6.45) is 1.12. The molecule has 11 heteroatoms. The van der Waals surface area contributed by atoms with Gasteiger partial charge in [-0.2, -0.15) is 9.78 Å². The molecule has 0 radical (unpaired) electrons. The Bertz CT molecular complexity index is 1390. The molecule has 1 amide bonds. The highest BCUT2D eigenvalue weighted by atomic mass is 35.5. The van der Waals surface area contributed by atoms with Crippen LogP contribution in [0.15, 0.2) is 58.1 Å². The van der Waals surface area contributed by atoms with Crippen LogP contribution in [-0.4, -0.2) is 50.8 Å². The van der Waals surface area contributed by atoms with Crippen molar-refractivity contribution in [2.75, 3.05) is 19.7 Å². The predicted molar refractivity (Wildman–Crippen MR) is 130 cm³/mol. The number of ether oxygens (including phenoxy) is 1. The van der Waals surface area contributed by atoms with Crippen molar-refractivity contribution in [3.63, 3.8) is 0 Å². The van der Waals surface area contributed by atoms with Crippen molar-refractivity contribution in [1.82, 2.24) is 19.2 Å². The number of carbonyl (C=O) groups is 2. The Balaban J connectivity index is 1.78. The van der Waals surface area contributed by atoms with Crippen molar-refractivity contribution in [2.45, 2.75) is 26.3 Å². The van der Waals surface area contributed by atoms with Crippen LogP contribution in [0.2, 0.25) is 5.02 Å². The fraction of sp³-hybridized carbons (Fsp3) is 0.320. The standard InChI is InChI=1S/C25H24ClFN4O5/c1-2-36-24(34)17-4-3-13-29(15-17)22(32)21-23(33)30(14-16-5-9-19(27)10-6-16)25(35)31(28-21)20-11-7-18(26)8-12-20/h5-12,17H,2-4,13-15H2,1H3. The Kier molecular flexibility index (Phi) is 7.64. The second-order valence-corrected chi connectivity index (χ2v) is 8.82. The van der Waals surface area contributed by atoms with Gasteiger partial charge in [-0.05, 0) is 61.7 Å². The third-order valence-corrected chi connectivity index (χ3v) is 6.17. The number of hydrogen-bond donors (Lipinski definition) is 0. The number of likely N-dealkylation sites (tertiary alicyclic amines) is 1. The Labute approximate surface area is 210 Å². The third kappa shape index (κ3) is 5.38. The lowest BCUT2D eigenvalue weighted by atomic mass is 9.98. The minimum atomic E-state index is -0.877. The van der Waals surface area contributed by atoms with Crippen LogP contribution < -0.4 is 11.2 Å². The number of nitrogens with zero attached hydrogens (tertiary/aromatic N) is 4. The number of carbonyl (C=O) groups excluding carboxylic acids is 2. The summed E-state index contributed by atoms with van der Waals surface area (Å²) in [7, 11) is 0. The van der Waals surface area contributed by atoms with Crippen LogP contribution in [0.3, 0.4) is 0 Å². The molecular weight excluding hydrogens is 491 g/mol. The van der Waals surface area contributed by atoms with Gasteiger partial charge in [0.2, 0.25) is 5.69 Å². The summed E-state index contributed by atoms with van der Waals surface area (Å²) < 4.78 is 20.3. The molecule has 1 fully saturated rings. The lowest BCUT2D eigenvalue weighted by Gasteiger charge is -2.31. The molecule has 0 N–H and O–H groups in total. The predicted octanol–water partition coefficient (Wildman–Crippen LogP) is 2.65. The highest BCUT2D eigenvalue weighted by Gasteiger charge is 2.32. The van der Waals surface area contributed by atoms with Crippen molar-refractivity contribution in [3.8, 4) is 5.69 Å². The summed E-state index contributed by atoms with van der Waals surface area (Å²) >= 11 is 5.97. The first-order valence-electron chi connectivity index (χ1n) is 11.5. The minimum absolute atomic E-state index is 0.0802. The zero-order chi connectivity index (χ0) is 25.8. The molecular formula is C25H24ClFN4O5. The zero-order valence-electron chi connectivity index (χ0n) is 19.5. The smallest absolute Gasteiger partial charge is 0.352 e. The summed E-state index contributed by atoms with van der Waals surface area (Å²) in [6.45, 7) is 2.15. The first kappa shape index (κ1) is 25.3. The van der Waals surface area contributed by atoms with Crippen molar-refractivity contribution < 1.29 is 18.7 Å². The molecule has 9 nitrogen and oxygen atoms in total. The molecule has 0 spiro atoms. The Morgan fingerprint density at radius 1 is 1.11 bits per heavy atom. The molecule has 1 aliphatic rings. The van der Waals surface area contributed by atoms with E-state index in [-0.39, 0.29) is 19.7 Å². The van der Waals surface area contributed by atoms with Gasteiger partial charge in [0.25, 0.3) is 11.5 Å². The molecule has 3 aromatic rings. The number of rotatable bonds is 6. The molecule has 1 aliphatic heterocycles. The Morgan fingerprint density at radius 2 is 1.81 bits per heavy atom. The van der Waals surface area contributed by atoms with Gasteiger partial charge in [0, 0.05) is 18.1 Å². The van der Waals surface area contributed by atoms with Gasteiger partial charge in [-0.25, -0.2) is 9.18 Å². The van der Waals surface area contributed by atoms with Crippen molar-refractivity contribution >= 4 is 23.5 Å². The summed E-state index contributed by atoms with van der Waals surface area (Å²) in [4.78, 5) is 53.7. The minimum Gasteiger partial charge on any atom is -0.466 e. The van der Waals surface area contributed by atoms with Gasteiger partial charge in [0.15, 0.2) is 0 Å². The van der Waals surface area contributed by atoms with Crippen LogP contribution in [0.1, 0.15) is 35.8 Å². The maximum absolute atomic E-state index is 13.5. The van der Waals surface area contributed by atoms with Crippen LogP contribution in [0.25, 0.3) is 5.69 Å². The van der Waals surface area contributed by atoms with Crippen LogP contribution >= 0.6 is 11.6 Å². The molecule has 0 bridgehead atoms. The van der Waals surface area contributed by atoms with Crippen LogP contribution in [-0.2, 0) is 16.1 Å². The molecule has 0 aliphatic carbocycles. The number of amides is 1. The quantitative estimate of drug-likeness (QED) is 0.468. The molecule has 1 saturated heterocycles. The van der Waals surface area contributed by atoms with Gasteiger partial charge >= 0.3 is 11.7 Å². The average molecular weight is 515 g/mol. The topological polar surface area (TPSA) is 104 Å². The van der Waals surface area contributed by atoms with Crippen molar-refractivity contribution in [3.05, 3.63) is 91.5 Å². The van der Waals surface area contributed by atoms with E-state index >= 15 is 0 Å². The monoisotopic (exact) mass is 514 g/mol. The number of piperidine rings is 1. The molecule has 1 aromatic heterocycles. The fourth-order valence-corrected chi connectivity index (χ4v) is 4.20. The first-order chi connectivity index (χ1) is 17.3. The SMILES string of the molecule is CCOC(=O)C1CCCN(C(=O)c2nn(-c3ccc(Cl)cc3)c(=O)n(Cc3ccc(F)cc3)c2=O)C1. The largest absolute Gasteiger partial charge is 0.466 e. The number of esters is 1. The van der Waals surface area contributed by atoms with Crippen molar-refractivity contribution in [1.29, 1.82) is 0 Å². The van der Waals surface area contributed by atoms with Crippen LogP contribution in [0, 0.1) is 11.7 Å². The lowest BCUT2D eigenvalue weighted by molar-refractivity contribution is -0.149. The molecule has 1 unspecified atom stereocenters. The molecule has 4 rings (SSSR count). The van der Waals surface area contributed by atoms with E-state index < -0.39 is 40.6 Å². The van der Waals surface area contributed by atoms with E-state index in [9.17, 15) is 23.6 Å². The van der Waals surface area contributed by atoms with Gasteiger partial charge < -0.3 is 9.64 Å². The summed E-state index contributed by atoms with van der Waals surface area (Å²) in [5.74, 6) is -2.06. The van der Waals surface area contributed by atoms with Gasteiger partial charge in [0.05, 0.1) is 24.8 Å². The highest BCUT2D eigenvalue weighted by Crippen LogP contribution is 2.19.